The number of aromatic hydroxyl groups is 1. The molecule has 0 fully saturated rings. The number of rotatable bonds is 6. The Kier molecular flexibility index (Phi) is 5.95. The fourth-order valence-electron chi connectivity index (χ4n) is 7.20. The Hall–Kier alpha value is -6.26. The summed E-state index contributed by atoms with van der Waals surface area (Å²) < 4.78 is 121. The van der Waals surface area contributed by atoms with Crippen LogP contribution in [0.2, 0.25) is 0 Å². The number of fused-ring (bicyclic) bond motifs is 1. The van der Waals surface area contributed by atoms with Gasteiger partial charge in [-0.3, -0.25) is 9.55 Å². The average molecular weight is 746 g/mol. The van der Waals surface area contributed by atoms with Crippen molar-refractivity contribution in [1.29, 1.82) is 0 Å². The van der Waals surface area contributed by atoms with Gasteiger partial charge in [-0.2, -0.15) is 0 Å². The molecule has 0 atom stereocenters. The van der Waals surface area contributed by atoms with Crippen LogP contribution < -0.4 is 0 Å². The lowest BCUT2D eigenvalue weighted by Gasteiger charge is -2.23. The highest BCUT2D eigenvalue weighted by molar-refractivity contribution is 5.98. The number of aromatic nitrogens is 3. The highest BCUT2D eigenvalue weighted by atomic mass is 16.3. The Morgan fingerprint density at radius 1 is 0.625 bits per heavy atom. The van der Waals surface area contributed by atoms with E-state index in [0.717, 1.165) is 16.7 Å². The molecule has 0 unspecified atom stereocenters. The van der Waals surface area contributed by atoms with Crippen molar-refractivity contribution in [2.45, 2.75) is 66.0 Å². The Morgan fingerprint density at radius 3 is 2.14 bits per heavy atom. The number of benzene rings is 6. The number of aryl methyl sites for hydroxylation is 2. The summed E-state index contributed by atoms with van der Waals surface area (Å²) in [6, 6.07) is 29.4. The van der Waals surface area contributed by atoms with Crippen LogP contribution in [0.5, 0.6) is 5.75 Å². The molecule has 0 aliphatic carbocycles. The summed E-state index contributed by atoms with van der Waals surface area (Å²) in [5.74, 6) is 0.237. The molecule has 0 aliphatic heterocycles. The molecule has 6 aromatic carbocycles. The molecule has 0 bridgehead atoms. The molecule has 8 rings (SSSR count). The third kappa shape index (κ3) is 6.92. The summed E-state index contributed by atoms with van der Waals surface area (Å²) >= 11 is 0. The quantitative estimate of drug-likeness (QED) is 0.184. The summed E-state index contributed by atoms with van der Waals surface area (Å²) in [6.07, 6.45) is 1.54. The fourth-order valence-corrected chi connectivity index (χ4v) is 7.20. The molecular formula is C52H49N3O. The van der Waals surface area contributed by atoms with Crippen molar-refractivity contribution >= 4 is 11.0 Å². The smallest absolute Gasteiger partial charge is 0.149 e. The minimum atomic E-state index is -3.51. The summed E-state index contributed by atoms with van der Waals surface area (Å²) in [5.41, 5.74) is 3.76. The molecule has 4 heteroatoms. The Balaban J connectivity index is 1.45. The number of hydrogen-bond donors (Lipinski definition) is 1. The van der Waals surface area contributed by atoms with Crippen LogP contribution in [0.1, 0.15) is 82.8 Å². The molecule has 278 valence electrons. The number of hydrogen-bond acceptors (Lipinski definition) is 3. The van der Waals surface area contributed by atoms with Crippen LogP contribution >= 0.6 is 0 Å². The molecule has 2 aromatic heterocycles. The van der Waals surface area contributed by atoms with Gasteiger partial charge in [0.1, 0.15) is 11.6 Å². The maximum atomic E-state index is 11.8. The van der Waals surface area contributed by atoms with E-state index in [9.17, 15) is 5.11 Å². The standard InChI is InChI=1S/C52H49N3O/c1-33-26-34(2)49(56)44(27-33)50-54-48-42(20-15-21-47(48)55(50)46-23-22-40(51(3,4)5)32-43(46)36-18-13-10-14-19-36)38-28-39(30-41(29-38)52(6,7)8)45-31-37(24-25-53-45)35-16-11-9-12-17-35/h9-32,56H,1-8H3/i3D3,4D3,5D3,9D,11D,12D,16D,17D. The molecule has 4 nitrogen and oxygen atoms in total. The molecule has 0 saturated heterocycles. The molecule has 0 aliphatic rings. The van der Waals surface area contributed by atoms with Crippen molar-refractivity contribution < 1.29 is 24.3 Å². The van der Waals surface area contributed by atoms with Crippen molar-refractivity contribution in [3.63, 3.8) is 0 Å². The van der Waals surface area contributed by atoms with Gasteiger partial charge in [0, 0.05) is 35.2 Å². The lowest BCUT2D eigenvalue weighted by molar-refractivity contribution is 0.472. The zero-order valence-corrected chi connectivity index (χ0v) is 31.8. The van der Waals surface area contributed by atoms with Crippen LogP contribution in [-0.2, 0) is 10.8 Å². The van der Waals surface area contributed by atoms with Gasteiger partial charge in [-0.05, 0) is 118 Å². The van der Waals surface area contributed by atoms with Crippen molar-refractivity contribution in [3.8, 4) is 67.5 Å². The van der Waals surface area contributed by atoms with Crippen LogP contribution in [0.4, 0.5) is 0 Å². The first-order valence-electron chi connectivity index (χ1n) is 25.3. The van der Waals surface area contributed by atoms with E-state index in [2.05, 4.69) is 20.8 Å². The maximum absolute atomic E-state index is 11.8. The normalized spacial score (nSPS) is 16.3. The monoisotopic (exact) mass is 745 g/mol. The van der Waals surface area contributed by atoms with Crippen LogP contribution in [0.3, 0.4) is 0 Å². The first-order valence-corrected chi connectivity index (χ1v) is 18.3. The zero-order valence-electron chi connectivity index (χ0n) is 45.8. The highest BCUT2D eigenvalue weighted by Gasteiger charge is 2.25. The van der Waals surface area contributed by atoms with Gasteiger partial charge in [-0.1, -0.05) is 132 Å². The molecule has 0 spiro atoms. The Labute approximate surface area is 350 Å². The second kappa shape index (κ2) is 14.1. The topological polar surface area (TPSA) is 50.9 Å². The largest absolute Gasteiger partial charge is 0.507 e. The maximum Gasteiger partial charge on any atom is 0.149 e. The molecule has 8 aromatic rings. The second-order valence-corrected chi connectivity index (χ2v) is 15.2. The number of imidazole rings is 1. The minimum Gasteiger partial charge on any atom is -0.507 e. The van der Waals surface area contributed by atoms with Crippen LogP contribution in [0, 0.1) is 13.8 Å². The molecule has 2 heterocycles. The van der Waals surface area contributed by atoms with Gasteiger partial charge >= 0.3 is 0 Å². The first kappa shape index (κ1) is 23.6. The SMILES string of the molecule is [2H]c1c([2H])c([2H])c(-c2ccnc(-c3cc(-c4cccc5c4nc(-c4cc(C)cc(C)c4O)n5-c4ccc(C(C([2H])([2H])[2H])(C([2H])([2H])[2H])C([2H])([2H])[2H])cc4-c4ccccc4)cc(C(C)(C)C)c3)c2)c([2H])c1[2H]. The summed E-state index contributed by atoms with van der Waals surface area (Å²) in [7, 11) is 0. The van der Waals surface area contributed by atoms with Gasteiger partial charge in [-0.15, -0.1) is 0 Å². The predicted molar refractivity (Wildman–Crippen MR) is 235 cm³/mol. The Morgan fingerprint density at radius 2 is 1.39 bits per heavy atom. The molecule has 1 N–H and O–H groups in total. The van der Waals surface area contributed by atoms with Crippen molar-refractivity contribution in [2.75, 3.05) is 0 Å². The predicted octanol–water partition coefficient (Wildman–Crippen LogP) is 13.7. The average Bonchev–Trinajstić information content (AvgIpc) is 3.67. The van der Waals surface area contributed by atoms with E-state index in [1.165, 1.54) is 24.4 Å². The van der Waals surface area contributed by atoms with Gasteiger partial charge in [0.2, 0.25) is 0 Å². The van der Waals surface area contributed by atoms with Gasteiger partial charge in [0.25, 0.3) is 0 Å². The molecular weight excluding hydrogens is 683 g/mol. The van der Waals surface area contributed by atoms with Crippen molar-refractivity contribution in [2.24, 2.45) is 0 Å². The number of nitrogens with zero attached hydrogens (tertiary/aromatic N) is 3. The molecule has 0 radical (unpaired) electrons. The first-order chi connectivity index (χ1) is 32.6. The molecule has 0 saturated carbocycles. The van der Waals surface area contributed by atoms with E-state index in [4.69, 9.17) is 29.2 Å². The molecule has 56 heavy (non-hydrogen) atoms. The van der Waals surface area contributed by atoms with Crippen molar-refractivity contribution in [1.82, 2.24) is 14.5 Å². The van der Waals surface area contributed by atoms with E-state index in [1.54, 1.807) is 60.0 Å². The number of pyridine rings is 1. The van der Waals surface area contributed by atoms with Crippen LogP contribution in [0.25, 0.3) is 72.7 Å². The fraction of sp³-hybridized carbons (Fsp3) is 0.192. The van der Waals surface area contributed by atoms with E-state index < -0.39 is 55.1 Å². The van der Waals surface area contributed by atoms with Crippen LogP contribution in [-0.4, -0.2) is 19.6 Å². The number of para-hydroxylation sites is 1. The Bertz CT molecular complexity index is 3300. The van der Waals surface area contributed by atoms with Gasteiger partial charge in [0.15, 0.2) is 0 Å². The lowest BCUT2D eigenvalue weighted by atomic mass is 9.83. The zero-order chi connectivity index (χ0) is 51.2. The van der Waals surface area contributed by atoms with E-state index in [1.807, 2.05) is 49.4 Å². The minimum absolute atomic E-state index is 0.0446. The highest BCUT2D eigenvalue weighted by Crippen LogP contribution is 2.43. The number of phenolic OH excluding ortho intramolecular Hbond substituents is 1. The van der Waals surface area contributed by atoms with E-state index >= 15 is 0 Å². The molecule has 0 amide bonds. The van der Waals surface area contributed by atoms with Gasteiger partial charge < -0.3 is 5.11 Å². The third-order valence-corrected chi connectivity index (χ3v) is 10.1. The van der Waals surface area contributed by atoms with Gasteiger partial charge in [0.05, 0.1) is 34.8 Å². The van der Waals surface area contributed by atoms with Gasteiger partial charge in [-0.25, -0.2) is 4.98 Å². The lowest BCUT2D eigenvalue weighted by Crippen LogP contribution is -2.12. The summed E-state index contributed by atoms with van der Waals surface area (Å²) in [5, 5.41) is 11.8. The summed E-state index contributed by atoms with van der Waals surface area (Å²) in [4.78, 5) is 10.0. The second-order valence-electron chi connectivity index (χ2n) is 15.2. The van der Waals surface area contributed by atoms with Crippen LogP contribution in [0.15, 0.2) is 146 Å². The van der Waals surface area contributed by atoms with E-state index in [0.29, 0.717) is 61.4 Å². The van der Waals surface area contributed by atoms with Crippen molar-refractivity contribution in [3.05, 3.63) is 168 Å². The van der Waals surface area contributed by atoms with E-state index in [-0.39, 0.29) is 29.2 Å². The number of phenols is 1. The third-order valence-electron chi connectivity index (χ3n) is 10.1. The summed E-state index contributed by atoms with van der Waals surface area (Å²) in [6.45, 7) is -0.678.